The Bertz CT molecular complexity index is 1250. The molecule has 2 bridgehead atoms. The second-order valence-corrected chi connectivity index (χ2v) is 11.6. The van der Waals surface area contributed by atoms with Gasteiger partial charge in [0, 0.05) is 12.2 Å². The number of ether oxygens (including phenoxy) is 2. The Morgan fingerprint density at radius 1 is 1.10 bits per heavy atom. The minimum Gasteiger partial charge on any atom is -0.494 e. The minimum absolute atomic E-state index is 0.113. The Kier molecular flexibility index (Phi) is 7.63. The van der Waals surface area contributed by atoms with Crippen LogP contribution in [0, 0.1) is 17.8 Å². The average molecular weight is 550 g/mol. The molecule has 40 heavy (non-hydrogen) atoms. The predicted molar refractivity (Wildman–Crippen MR) is 149 cm³/mol. The van der Waals surface area contributed by atoms with E-state index >= 15 is 0 Å². The van der Waals surface area contributed by atoms with Crippen LogP contribution in [-0.2, 0) is 25.7 Å². The third-order valence-electron chi connectivity index (χ3n) is 8.80. The van der Waals surface area contributed by atoms with E-state index in [1.54, 1.807) is 24.3 Å². The number of amides is 3. The molecule has 2 unspecified atom stereocenters. The fraction of sp³-hybridized carbons (Fsp3) is 0.516. The molecule has 0 radical (unpaired) electrons. The van der Waals surface area contributed by atoms with Crippen LogP contribution in [0.5, 0.6) is 5.75 Å². The summed E-state index contributed by atoms with van der Waals surface area (Å²) in [5, 5.41) is 16.3. The summed E-state index contributed by atoms with van der Waals surface area (Å²) in [4.78, 5) is 43.5. The van der Waals surface area contributed by atoms with Crippen molar-refractivity contribution in [1.29, 1.82) is 0 Å². The molecule has 9 nitrogen and oxygen atoms in total. The Balaban J connectivity index is 1.47. The van der Waals surface area contributed by atoms with Gasteiger partial charge in [0.2, 0.25) is 17.7 Å². The number of anilines is 1. The van der Waals surface area contributed by atoms with Gasteiger partial charge in [-0.25, -0.2) is 0 Å². The van der Waals surface area contributed by atoms with Crippen molar-refractivity contribution in [2.24, 2.45) is 17.8 Å². The molecule has 3 fully saturated rings. The van der Waals surface area contributed by atoms with Crippen LogP contribution in [0.1, 0.15) is 46.1 Å². The third-order valence-corrected chi connectivity index (χ3v) is 8.80. The molecular formula is C31H39N3O6. The van der Waals surface area contributed by atoms with Crippen LogP contribution in [0.4, 0.5) is 5.69 Å². The van der Waals surface area contributed by atoms with E-state index in [0.717, 1.165) is 5.56 Å². The largest absolute Gasteiger partial charge is 0.494 e. The Hall–Kier alpha value is -3.43. The summed E-state index contributed by atoms with van der Waals surface area (Å²) >= 11 is 0. The van der Waals surface area contributed by atoms with Crippen molar-refractivity contribution in [3.8, 4) is 5.75 Å². The highest BCUT2D eigenvalue weighted by Gasteiger charge is 2.78. The van der Waals surface area contributed by atoms with Gasteiger partial charge in [-0.3, -0.25) is 14.4 Å². The number of hydrogen-bond acceptors (Lipinski definition) is 6. The lowest BCUT2D eigenvalue weighted by atomic mass is 9.66. The van der Waals surface area contributed by atoms with Crippen molar-refractivity contribution in [3.05, 3.63) is 60.2 Å². The minimum atomic E-state index is -1.16. The van der Waals surface area contributed by atoms with Crippen LogP contribution in [0.15, 0.2) is 54.6 Å². The van der Waals surface area contributed by atoms with Gasteiger partial charge >= 0.3 is 0 Å². The van der Waals surface area contributed by atoms with Gasteiger partial charge in [-0.1, -0.05) is 44.2 Å². The number of nitrogens with zero attached hydrogens (tertiary/aromatic N) is 1. The maximum Gasteiger partial charge on any atom is 0.246 e. The molecule has 3 aliphatic rings. The molecule has 0 aliphatic carbocycles. The van der Waals surface area contributed by atoms with E-state index in [1.807, 2.05) is 58.0 Å². The van der Waals surface area contributed by atoms with Gasteiger partial charge in [-0.05, 0) is 62.4 Å². The zero-order valence-electron chi connectivity index (χ0n) is 23.6. The lowest BCUT2D eigenvalue weighted by Gasteiger charge is -2.38. The number of fused-ring (bicyclic) bond motifs is 1. The fourth-order valence-electron chi connectivity index (χ4n) is 6.94. The summed E-state index contributed by atoms with van der Waals surface area (Å²) in [6, 6.07) is 15.1. The molecular weight excluding hydrogens is 510 g/mol. The summed E-state index contributed by atoms with van der Waals surface area (Å²) in [5.41, 5.74) is -0.537. The van der Waals surface area contributed by atoms with Crippen LogP contribution in [0.3, 0.4) is 0 Å². The zero-order chi connectivity index (χ0) is 28.7. The summed E-state index contributed by atoms with van der Waals surface area (Å²) in [6.45, 7) is 8.13. The van der Waals surface area contributed by atoms with Gasteiger partial charge in [0.1, 0.15) is 17.4 Å². The Morgan fingerprint density at radius 3 is 2.42 bits per heavy atom. The molecule has 3 aliphatic heterocycles. The monoisotopic (exact) mass is 549 g/mol. The van der Waals surface area contributed by atoms with Crippen molar-refractivity contribution < 1.29 is 29.0 Å². The standard InChI is InChI=1S/C31H39N3O6/c1-5-39-22-13-11-21(12-14-22)33-27(36)24-25-29(38)34(23(18-35)19(2)3)26(31(25)16-15-30(24,4)40-31)28(37)32-17-20-9-7-6-8-10-20/h6-14,19,23-26,35H,5,15-18H2,1-4H3,(H,32,37)(H,33,36)/t23-,24+,25-,26?,30-,31?/m0/s1. The number of likely N-dealkylation sites (tertiary alicyclic amines) is 1. The maximum atomic E-state index is 14.2. The molecule has 0 aromatic heterocycles. The average Bonchev–Trinajstić information content (AvgIpc) is 3.50. The van der Waals surface area contributed by atoms with Crippen LogP contribution in [0.25, 0.3) is 0 Å². The van der Waals surface area contributed by atoms with E-state index in [4.69, 9.17) is 9.47 Å². The van der Waals surface area contributed by atoms with Gasteiger partial charge in [0.15, 0.2) is 0 Å². The van der Waals surface area contributed by atoms with Gasteiger partial charge in [-0.15, -0.1) is 0 Å². The molecule has 6 atom stereocenters. The molecule has 9 heteroatoms. The molecule has 3 saturated heterocycles. The third kappa shape index (κ3) is 4.65. The topological polar surface area (TPSA) is 117 Å². The van der Waals surface area contributed by atoms with Gasteiger partial charge in [0.05, 0.1) is 36.7 Å². The molecule has 1 spiro atoms. The van der Waals surface area contributed by atoms with E-state index in [2.05, 4.69) is 10.6 Å². The lowest BCUT2D eigenvalue weighted by molar-refractivity contribution is -0.150. The number of carbonyl (C=O) groups is 3. The first kappa shape index (κ1) is 28.1. The van der Waals surface area contributed by atoms with Crippen LogP contribution >= 0.6 is 0 Å². The van der Waals surface area contributed by atoms with Crippen LogP contribution < -0.4 is 15.4 Å². The van der Waals surface area contributed by atoms with Gasteiger partial charge < -0.3 is 30.1 Å². The number of benzene rings is 2. The van der Waals surface area contributed by atoms with Crippen LogP contribution in [-0.4, -0.2) is 64.2 Å². The van der Waals surface area contributed by atoms with E-state index in [-0.39, 0.29) is 30.2 Å². The number of aliphatic hydroxyl groups excluding tert-OH is 1. The van der Waals surface area contributed by atoms with Crippen LogP contribution in [0.2, 0.25) is 0 Å². The number of carbonyl (C=O) groups excluding carboxylic acids is 3. The lowest BCUT2D eigenvalue weighted by Crippen LogP contribution is -2.58. The highest BCUT2D eigenvalue weighted by Crippen LogP contribution is 2.63. The number of nitrogens with one attached hydrogen (secondary N) is 2. The van der Waals surface area contributed by atoms with E-state index in [9.17, 15) is 19.5 Å². The SMILES string of the molecule is CCOc1ccc(NC(=O)[C@H]2[C@H]3C(=O)N([C@@H](CO)C(C)C)C(C(=O)NCc4ccccc4)C34CC[C@]2(C)O4)cc1. The quantitative estimate of drug-likeness (QED) is 0.419. The molecule has 0 saturated carbocycles. The summed E-state index contributed by atoms with van der Waals surface area (Å²) < 4.78 is 12.2. The number of hydrogen-bond donors (Lipinski definition) is 3. The number of rotatable bonds is 10. The van der Waals surface area contributed by atoms with Crippen molar-refractivity contribution >= 4 is 23.4 Å². The smallest absolute Gasteiger partial charge is 0.246 e. The molecule has 3 heterocycles. The maximum absolute atomic E-state index is 14.2. The number of aliphatic hydroxyl groups is 1. The van der Waals surface area contributed by atoms with Gasteiger partial charge in [0.25, 0.3) is 0 Å². The van der Waals surface area contributed by atoms with E-state index < -0.39 is 35.1 Å². The molecule has 3 N–H and O–H groups in total. The summed E-state index contributed by atoms with van der Waals surface area (Å²) in [5.74, 6) is -2.02. The normalized spacial score (nSPS) is 29.4. The van der Waals surface area contributed by atoms with Crippen molar-refractivity contribution in [2.45, 2.75) is 70.4 Å². The van der Waals surface area contributed by atoms with Crippen molar-refractivity contribution in [1.82, 2.24) is 10.2 Å². The Labute approximate surface area is 235 Å². The first-order valence-corrected chi connectivity index (χ1v) is 14.1. The highest BCUT2D eigenvalue weighted by atomic mass is 16.5. The molecule has 2 aromatic carbocycles. The summed E-state index contributed by atoms with van der Waals surface area (Å²) in [7, 11) is 0. The summed E-state index contributed by atoms with van der Waals surface area (Å²) in [6.07, 6.45) is 1.02. The first-order valence-electron chi connectivity index (χ1n) is 14.1. The van der Waals surface area contributed by atoms with Gasteiger partial charge in [-0.2, -0.15) is 0 Å². The molecule has 214 valence electrons. The predicted octanol–water partition coefficient (Wildman–Crippen LogP) is 3.12. The molecule has 2 aromatic rings. The van der Waals surface area contributed by atoms with E-state index in [0.29, 0.717) is 37.4 Å². The second-order valence-electron chi connectivity index (χ2n) is 11.6. The first-order chi connectivity index (χ1) is 19.1. The molecule has 5 rings (SSSR count). The zero-order valence-corrected chi connectivity index (χ0v) is 23.6. The van der Waals surface area contributed by atoms with Crippen molar-refractivity contribution in [2.75, 3.05) is 18.5 Å². The molecule has 3 amide bonds. The second kappa shape index (κ2) is 10.9. The Morgan fingerprint density at radius 2 is 1.80 bits per heavy atom. The van der Waals surface area contributed by atoms with Crippen molar-refractivity contribution in [3.63, 3.8) is 0 Å². The van der Waals surface area contributed by atoms with E-state index in [1.165, 1.54) is 4.90 Å². The highest BCUT2D eigenvalue weighted by molar-refractivity contribution is 6.02. The fourth-order valence-corrected chi connectivity index (χ4v) is 6.94.